The van der Waals surface area contributed by atoms with Crippen LogP contribution in [-0.4, -0.2) is 14.7 Å². The smallest absolute Gasteiger partial charge is 0.0994 e. The highest BCUT2D eigenvalue weighted by atomic mass is 16.3. The van der Waals surface area contributed by atoms with Crippen LogP contribution >= 0.6 is 0 Å². The van der Waals surface area contributed by atoms with E-state index in [1.165, 1.54) is 0 Å². The van der Waals surface area contributed by atoms with Crippen LogP contribution in [0.1, 0.15) is 24.2 Å². The van der Waals surface area contributed by atoms with Crippen molar-refractivity contribution < 1.29 is 5.11 Å². The van der Waals surface area contributed by atoms with Gasteiger partial charge in [0.25, 0.3) is 0 Å². The molecule has 2 aromatic rings. The SMILES string of the molecule is C[C@H](N)c1cncn1-c1ccc(CO)cc1. The van der Waals surface area contributed by atoms with E-state index in [-0.39, 0.29) is 12.6 Å². The predicted octanol–water partition coefficient (Wildman–Crippen LogP) is 1.38. The van der Waals surface area contributed by atoms with Gasteiger partial charge in [-0.2, -0.15) is 0 Å². The zero-order valence-electron chi connectivity index (χ0n) is 9.17. The minimum atomic E-state index is -0.0555. The van der Waals surface area contributed by atoms with Crippen LogP contribution in [0.25, 0.3) is 5.69 Å². The monoisotopic (exact) mass is 217 g/mol. The van der Waals surface area contributed by atoms with E-state index in [1.807, 2.05) is 35.8 Å². The molecule has 4 heteroatoms. The van der Waals surface area contributed by atoms with Crippen molar-refractivity contribution in [2.45, 2.75) is 19.6 Å². The molecule has 0 aliphatic heterocycles. The Morgan fingerprint density at radius 2 is 2.06 bits per heavy atom. The van der Waals surface area contributed by atoms with Gasteiger partial charge in [-0.05, 0) is 24.6 Å². The van der Waals surface area contributed by atoms with Crippen LogP contribution in [-0.2, 0) is 6.61 Å². The highest BCUT2D eigenvalue weighted by molar-refractivity contribution is 5.36. The summed E-state index contributed by atoms with van der Waals surface area (Å²) in [5, 5.41) is 8.96. The molecule has 2 rings (SSSR count). The van der Waals surface area contributed by atoms with E-state index in [2.05, 4.69) is 4.98 Å². The van der Waals surface area contributed by atoms with Crippen LogP contribution in [0.3, 0.4) is 0 Å². The van der Waals surface area contributed by atoms with Crippen molar-refractivity contribution in [1.82, 2.24) is 9.55 Å². The predicted molar refractivity (Wildman–Crippen MR) is 62.1 cm³/mol. The summed E-state index contributed by atoms with van der Waals surface area (Å²) in [5.74, 6) is 0. The fourth-order valence-corrected chi connectivity index (χ4v) is 1.62. The second-order valence-electron chi connectivity index (χ2n) is 3.80. The number of aromatic nitrogens is 2. The van der Waals surface area contributed by atoms with Crippen LogP contribution in [0.5, 0.6) is 0 Å². The number of aliphatic hydroxyl groups is 1. The van der Waals surface area contributed by atoms with E-state index in [0.29, 0.717) is 0 Å². The van der Waals surface area contributed by atoms with Crippen LogP contribution in [0.15, 0.2) is 36.8 Å². The molecule has 0 unspecified atom stereocenters. The van der Waals surface area contributed by atoms with Crippen LogP contribution in [0.2, 0.25) is 0 Å². The minimum absolute atomic E-state index is 0.0555. The summed E-state index contributed by atoms with van der Waals surface area (Å²) in [6.45, 7) is 1.99. The molecule has 0 aliphatic rings. The molecular formula is C12H15N3O. The van der Waals surface area contributed by atoms with Crippen LogP contribution < -0.4 is 5.73 Å². The molecule has 0 spiro atoms. The van der Waals surface area contributed by atoms with Gasteiger partial charge in [-0.1, -0.05) is 12.1 Å². The van der Waals surface area contributed by atoms with Gasteiger partial charge in [-0.25, -0.2) is 4.98 Å². The Morgan fingerprint density at radius 3 is 2.62 bits per heavy atom. The first-order chi connectivity index (χ1) is 7.72. The van der Waals surface area contributed by atoms with E-state index in [0.717, 1.165) is 16.9 Å². The zero-order valence-corrected chi connectivity index (χ0v) is 9.17. The molecule has 0 saturated carbocycles. The van der Waals surface area contributed by atoms with E-state index >= 15 is 0 Å². The molecule has 0 radical (unpaired) electrons. The number of nitrogens with two attached hydrogens (primary N) is 1. The Hall–Kier alpha value is -1.65. The number of rotatable bonds is 3. The summed E-state index contributed by atoms with van der Waals surface area (Å²) >= 11 is 0. The molecule has 1 aromatic heterocycles. The number of aliphatic hydroxyl groups excluding tert-OH is 1. The second-order valence-corrected chi connectivity index (χ2v) is 3.80. The maximum absolute atomic E-state index is 8.96. The summed E-state index contributed by atoms with van der Waals surface area (Å²) in [6, 6.07) is 7.61. The molecule has 3 N–H and O–H groups in total. The lowest BCUT2D eigenvalue weighted by atomic mass is 10.2. The molecule has 0 fully saturated rings. The Balaban J connectivity index is 2.38. The quantitative estimate of drug-likeness (QED) is 0.816. The van der Waals surface area contributed by atoms with Crippen molar-refractivity contribution in [3.8, 4) is 5.69 Å². The van der Waals surface area contributed by atoms with Crippen molar-refractivity contribution in [1.29, 1.82) is 0 Å². The van der Waals surface area contributed by atoms with Crippen molar-refractivity contribution in [3.63, 3.8) is 0 Å². The molecule has 0 bridgehead atoms. The summed E-state index contributed by atoms with van der Waals surface area (Å²) in [4.78, 5) is 4.10. The third-order valence-corrected chi connectivity index (χ3v) is 2.53. The van der Waals surface area contributed by atoms with Gasteiger partial charge in [0.1, 0.15) is 0 Å². The fourth-order valence-electron chi connectivity index (χ4n) is 1.62. The van der Waals surface area contributed by atoms with Crippen molar-refractivity contribution in [2.75, 3.05) is 0 Å². The third kappa shape index (κ3) is 1.98. The number of benzene rings is 1. The van der Waals surface area contributed by atoms with Gasteiger partial charge >= 0.3 is 0 Å². The lowest BCUT2D eigenvalue weighted by molar-refractivity contribution is 0.282. The lowest BCUT2D eigenvalue weighted by Crippen LogP contribution is -2.10. The van der Waals surface area contributed by atoms with E-state index in [4.69, 9.17) is 10.8 Å². The summed E-state index contributed by atoms with van der Waals surface area (Å²) in [5.41, 5.74) is 8.72. The fraction of sp³-hybridized carbons (Fsp3) is 0.250. The largest absolute Gasteiger partial charge is 0.392 e. The number of hydrogen-bond acceptors (Lipinski definition) is 3. The molecule has 1 atom stereocenters. The topological polar surface area (TPSA) is 64.1 Å². The van der Waals surface area contributed by atoms with Gasteiger partial charge in [0.2, 0.25) is 0 Å². The molecule has 1 aromatic carbocycles. The van der Waals surface area contributed by atoms with E-state index in [1.54, 1.807) is 12.5 Å². The Labute approximate surface area is 94.4 Å². The van der Waals surface area contributed by atoms with Gasteiger partial charge in [-0.15, -0.1) is 0 Å². The summed E-state index contributed by atoms with van der Waals surface area (Å²) in [6.07, 6.45) is 3.51. The first-order valence-electron chi connectivity index (χ1n) is 5.20. The molecular weight excluding hydrogens is 202 g/mol. The van der Waals surface area contributed by atoms with E-state index in [9.17, 15) is 0 Å². The van der Waals surface area contributed by atoms with Crippen LogP contribution in [0, 0.1) is 0 Å². The van der Waals surface area contributed by atoms with Gasteiger partial charge in [0, 0.05) is 11.7 Å². The number of imidazole rings is 1. The van der Waals surface area contributed by atoms with Crippen molar-refractivity contribution >= 4 is 0 Å². The van der Waals surface area contributed by atoms with E-state index < -0.39 is 0 Å². The van der Waals surface area contributed by atoms with Crippen molar-refractivity contribution in [2.24, 2.45) is 5.73 Å². The molecule has 0 amide bonds. The second kappa shape index (κ2) is 4.47. The molecule has 0 saturated heterocycles. The van der Waals surface area contributed by atoms with Gasteiger partial charge in [0.15, 0.2) is 0 Å². The first kappa shape index (κ1) is 10.9. The molecule has 16 heavy (non-hydrogen) atoms. The number of hydrogen-bond donors (Lipinski definition) is 2. The number of nitrogens with zero attached hydrogens (tertiary/aromatic N) is 2. The normalized spacial score (nSPS) is 12.7. The molecule has 4 nitrogen and oxygen atoms in total. The average molecular weight is 217 g/mol. The van der Waals surface area contributed by atoms with Gasteiger partial charge in [-0.3, -0.25) is 0 Å². The highest BCUT2D eigenvalue weighted by Gasteiger charge is 2.07. The standard InChI is InChI=1S/C12H15N3O/c1-9(13)12-6-14-8-15(12)11-4-2-10(7-16)3-5-11/h2-6,8-9,16H,7,13H2,1H3/t9-/m0/s1. The summed E-state index contributed by atoms with van der Waals surface area (Å²) < 4.78 is 1.95. The van der Waals surface area contributed by atoms with Gasteiger partial charge < -0.3 is 15.4 Å². The molecule has 84 valence electrons. The maximum Gasteiger partial charge on any atom is 0.0994 e. The average Bonchev–Trinajstić information content (AvgIpc) is 2.78. The Bertz CT molecular complexity index is 459. The highest BCUT2D eigenvalue weighted by Crippen LogP contribution is 2.16. The molecule has 0 aliphatic carbocycles. The summed E-state index contributed by atoms with van der Waals surface area (Å²) in [7, 11) is 0. The van der Waals surface area contributed by atoms with Crippen LogP contribution in [0.4, 0.5) is 0 Å². The molecule has 1 heterocycles. The lowest BCUT2D eigenvalue weighted by Gasteiger charge is -2.10. The Morgan fingerprint density at radius 1 is 1.38 bits per heavy atom. The van der Waals surface area contributed by atoms with Crippen molar-refractivity contribution in [3.05, 3.63) is 48.0 Å². The zero-order chi connectivity index (χ0) is 11.5. The van der Waals surface area contributed by atoms with Gasteiger partial charge in [0.05, 0.1) is 24.8 Å². The Kier molecular flexibility index (Phi) is 3.03. The third-order valence-electron chi connectivity index (χ3n) is 2.53. The minimum Gasteiger partial charge on any atom is -0.392 e. The first-order valence-corrected chi connectivity index (χ1v) is 5.20. The maximum atomic E-state index is 8.96.